The molecule has 8 nitrogen and oxygen atoms in total. The van der Waals surface area contributed by atoms with E-state index in [1.54, 1.807) is 31.4 Å². The number of hydrogen-bond donors (Lipinski definition) is 1. The molecule has 0 spiro atoms. The number of carbonyl (C=O) groups is 2. The topological polar surface area (TPSA) is 122 Å². The molecule has 1 rings (SSSR count). The Bertz CT molecular complexity index is 489. The van der Waals surface area contributed by atoms with Crippen LogP contribution in [-0.4, -0.2) is 51.7 Å². The first kappa shape index (κ1) is 18.9. The minimum Gasteiger partial charge on any atom is -0.544 e. The standard InChI is InChI=1S/C15H21NO7/c1-20-6-7-21-8-9-22-15(19)23-12-4-2-11(3-5-12)10-13(16)14(17)18/h2-5,13H,6-10,16H2,1H3,(H,17,18). The average Bonchev–Trinajstić information content (AvgIpc) is 2.52. The first-order valence-electron chi connectivity index (χ1n) is 7.07. The number of aliphatic carboxylic acids is 1. The van der Waals surface area contributed by atoms with Crippen molar-refractivity contribution in [2.45, 2.75) is 12.5 Å². The number of hydrogen-bond acceptors (Lipinski definition) is 7. The van der Waals surface area contributed by atoms with Crippen LogP contribution in [0.4, 0.5) is 4.79 Å². The van der Waals surface area contributed by atoms with Gasteiger partial charge in [0.2, 0.25) is 0 Å². The van der Waals surface area contributed by atoms with Gasteiger partial charge in [-0.15, -0.1) is 0 Å². The van der Waals surface area contributed by atoms with Gasteiger partial charge >= 0.3 is 6.16 Å². The molecule has 0 aliphatic carbocycles. The Morgan fingerprint density at radius 1 is 1.13 bits per heavy atom. The van der Waals surface area contributed by atoms with Gasteiger partial charge in [0.05, 0.1) is 25.8 Å². The third-order valence-corrected chi connectivity index (χ3v) is 2.82. The number of carboxylic acids is 1. The van der Waals surface area contributed by atoms with Crippen LogP contribution in [0.25, 0.3) is 0 Å². The van der Waals surface area contributed by atoms with E-state index in [1.165, 1.54) is 0 Å². The Morgan fingerprint density at radius 2 is 1.78 bits per heavy atom. The number of carbonyl (C=O) groups excluding carboxylic acids is 2. The molecule has 8 heteroatoms. The van der Waals surface area contributed by atoms with Gasteiger partial charge in [-0.3, -0.25) is 0 Å². The van der Waals surface area contributed by atoms with Gasteiger partial charge in [0, 0.05) is 13.5 Å². The minimum absolute atomic E-state index is 0.0788. The summed E-state index contributed by atoms with van der Waals surface area (Å²) in [4.78, 5) is 22.1. The number of ether oxygens (including phenoxy) is 4. The van der Waals surface area contributed by atoms with Crippen LogP contribution in [0, 0.1) is 0 Å². The molecule has 0 radical (unpaired) electrons. The fourth-order valence-electron chi connectivity index (χ4n) is 1.62. The van der Waals surface area contributed by atoms with Crippen molar-refractivity contribution in [3.05, 3.63) is 29.8 Å². The predicted molar refractivity (Wildman–Crippen MR) is 76.5 cm³/mol. The van der Waals surface area contributed by atoms with E-state index >= 15 is 0 Å². The molecule has 0 saturated carbocycles. The lowest BCUT2D eigenvalue weighted by atomic mass is 10.1. The van der Waals surface area contributed by atoms with E-state index in [4.69, 9.17) is 18.9 Å². The Balaban J connectivity index is 2.28. The largest absolute Gasteiger partial charge is 0.544 e. The third-order valence-electron chi connectivity index (χ3n) is 2.82. The number of carboxylic acid groups (broad SMARTS) is 1. The van der Waals surface area contributed by atoms with Crippen LogP contribution in [0.1, 0.15) is 5.56 Å². The van der Waals surface area contributed by atoms with Crippen molar-refractivity contribution in [2.24, 2.45) is 0 Å². The highest BCUT2D eigenvalue weighted by atomic mass is 16.7. The number of benzene rings is 1. The molecular weight excluding hydrogens is 306 g/mol. The highest BCUT2D eigenvalue weighted by Crippen LogP contribution is 2.13. The number of quaternary nitrogens is 1. The second kappa shape index (κ2) is 10.5. The van der Waals surface area contributed by atoms with Crippen molar-refractivity contribution in [1.29, 1.82) is 0 Å². The van der Waals surface area contributed by atoms with E-state index in [-0.39, 0.29) is 19.6 Å². The van der Waals surface area contributed by atoms with E-state index in [0.717, 1.165) is 5.56 Å². The zero-order chi connectivity index (χ0) is 17.1. The van der Waals surface area contributed by atoms with Gasteiger partial charge in [-0.05, 0) is 17.7 Å². The van der Waals surface area contributed by atoms with Crippen molar-refractivity contribution in [3.63, 3.8) is 0 Å². The van der Waals surface area contributed by atoms with Crippen LogP contribution in [0.2, 0.25) is 0 Å². The summed E-state index contributed by atoms with van der Waals surface area (Å²) in [6, 6.07) is 5.57. The van der Waals surface area contributed by atoms with E-state index in [0.29, 0.717) is 19.0 Å². The molecule has 0 fully saturated rings. The molecule has 23 heavy (non-hydrogen) atoms. The summed E-state index contributed by atoms with van der Waals surface area (Å²) in [6.45, 7) is 1.24. The molecule has 3 N–H and O–H groups in total. The molecular formula is C15H21NO7. The van der Waals surface area contributed by atoms with E-state index < -0.39 is 18.2 Å². The molecule has 0 amide bonds. The molecule has 0 aliphatic rings. The van der Waals surface area contributed by atoms with Crippen molar-refractivity contribution in [2.75, 3.05) is 33.5 Å². The zero-order valence-electron chi connectivity index (χ0n) is 13.0. The van der Waals surface area contributed by atoms with Crippen LogP contribution >= 0.6 is 0 Å². The number of rotatable bonds is 10. The summed E-state index contributed by atoms with van der Waals surface area (Å²) in [5, 5.41) is 10.6. The third kappa shape index (κ3) is 8.15. The molecule has 1 aromatic carbocycles. The van der Waals surface area contributed by atoms with Crippen molar-refractivity contribution >= 4 is 12.1 Å². The quantitative estimate of drug-likeness (QED) is 0.324. The second-order valence-corrected chi connectivity index (χ2v) is 4.67. The molecule has 1 atom stereocenters. The normalized spacial score (nSPS) is 11.7. The smallest absolute Gasteiger partial charge is 0.513 e. The summed E-state index contributed by atoms with van der Waals surface area (Å²) in [6.07, 6.45) is -0.593. The Morgan fingerprint density at radius 3 is 2.39 bits per heavy atom. The Hall–Kier alpha value is -2.16. The van der Waals surface area contributed by atoms with Gasteiger partial charge in [-0.25, -0.2) is 4.79 Å². The maximum absolute atomic E-state index is 11.4. The van der Waals surface area contributed by atoms with Gasteiger partial charge in [0.15, 0.2) is 0 Å². The lowest BCUT2D eigenvalue weighted by molar-refractivity contribution is -0.437. The first-order valence-corrected chi connectivity index (χ1v) is 7.07. The lowest BCUT2D eigenvalue weighted by Gasteiger charge is -2.10. The average molecular weight is 327 g/mol. The molecule has 1 aromatic rings. The minimum atomic E-state index is -1.21. The van der Waals surface area contributed by atoms with Gasteiger partial charge in [0.25, 0.3) is 0 Å². The van der Waals surface area contributed by atoms with Gasteiger partial charge in [-0.1, -0.05) is 12.1 Å². The summed E-state index contributed by atoms with van der Waals surface area (Å²) in [7, 11) is 1.57. The summed E-state index contributed by atoms with van der Waals surface area (Å²) >= 11 is 0. The summed E-state index contributed by atoms with van der Waals surface area (Å²) in [5.74, 6) is -0.908. The van der Waals surface area contributed by atoms with Gasteiger partial charge < -0.3 is 34.6 Å². The van der Waals surface area contributed by atoms with Crippen LogP contribution < -0.4 is 15.6 Å². The maximum atomic E-state index is 11.4. The number of methoxy groups -OCH3 is 1. The molecule has 0 bridgehead atoms. The molecule has 1 unspecified atom stereocenters. The van der Waals surface area contributed by atoms with E-state index in [1.807, 2.05) is 0 Å². The van der Waals surface area contributed by atoms with Crippen LogP contribution in [-0.2, 0) is 25.4 Å². The monoisotopic (exact) mass is 327 g/mol. The highest BCUT2D eigenvalue weighted by Gasteiger charge is 2.10. The predicted octanol–water partition coefficient (Wildman–Crippen LogP) is -1.23. The maximum Gasteiger partial charge on any atom is 0.513 e. The SMILES string of the molecule is COCCOCCOC(=O)Oc1ccc(CC([NH3+])C(=O)[O-])cc1. The first-order chi connectivity index (χ1) is 11.0. The molecule has 128 valence electrons. The van der Waals surface area contributed by atoms with Crippen molar-refractivity contribution < 1.29 is 39.4 Å². The van der Waals surface area contributed by atoms with Gasteiger partial charge in [0.1, 0.15) is 18.4 Å². The van der Waals surface area contributed by atoms with Crippen molar-refractivity contribution in [1.82, 2.24) is 0 Å². The molecule has 0 heterocycles. The van der Waals surface area contributed by atoms with Crippen molar-refractivity contribution in [3.8, 4) is 5.75 Å². The fraction of sp³-hybridized carbons (Fsp3) is 0.467. The fourth-order valence-corrected chi connectivity index (χ4v) is 1.62. The molecule has 0 saturated heterocycles. The molecule has 0 aliphatic heterocycles. The Kier molecular flexibility index (Phi) is 8.66. The van der Waals surface area contributed by atoms with Crippen LogP contribution in [0.15, 0.2) is 24.3 Å². The lowest BCUT2D eigenvalue weighted by Crippen LogP contribution is -2.69. The van der Waals surface area contributed by atoms with Gasteiger partial charge in [-0.2, -0.15) is 0 Å². The highest BCUT2D eigenvalue weighted by molar-refractivity contribution is 5.69. The summed E-state index contributed by atoms with van der Waals surface area (Å²) < 4.78 is 19.7. The van der Waals surface area contributed by atoms with E-state index in [2.05, 4.69) is 5.73 Å². The Labute approximate surface area is 134 Å². The molecule has 0 aromatic heterocycles. The second-order valence-electron chi connectivity index (χ2n) is 4.67. The van der Waals surface area contributed by atoms with Crippen LogP contribution in [0.5, 0.6) is 5.75 Å². The summed E-state index contributed by atoms with van der Waals surface area (Å²) in [5.41, 5.74) is 4.23. The van der Waals surface area contributed by atoms with Crippen LogP contribution in [0.3, 0.4) is 0 Å². The van der Waals surface area contributed by atoms with E-state index in [9.17, 15) is 14.7 Å². The zero-order valence-corrected chi connectivity index (χ0v) is 13.0.